The minimum Gasteiger partial charge on any atom is -0.341 e. The first-order chi connectivity index (χ1) is 7.20. The lowest BCUT2D eigenvalue weighted by Gasteiger charge is -2.16. The standard InChI is InChI=1S/C11H10N2O2/c1-8(14)15-13-5-4-10-3-2-9(7-12)6-11(10)13/h2-3,6H,4-5H2,1H3. The second kappa shape index (κ2) is 3.62. The number of benzene rings is 1. The molecule has 0 aromatic heterocycles. The van der Waals surface area contributed by atoms with Crippen molar-refractivity contribution in [3.8, 4) is 6.07 Å². The second-order valence-corrected chi connectivity index (χ2v) is 3.39. The maximum absolute atomic E-state index is 10.8. The number of carbonyl (C=O) groups excluding carboxylic acids is 1. The smallest absolute Gasteiger partial charge is 0.329 e. The minimum atomic E-state index is -0.342. The number of carbonyl (C=O) groups is 1. The first-order valence-corrected chi connectivity index (χ1v) is 4.70. The van der Waals surface area contributed by atoms with Gasteiger partial charge in [-0.05, 0) is 24.1 Å². The van der Waals surface area contributed by atoms with Gasteiger partial charge in [-0.25, -0.2) is 5.06 Å². The summed E-state index contributed by atoms with van der Waals surface area (Å²) in [6, 6.07) is 7.48. The van der Waals surface area contributed by atoms with E-state index in [1.165, 1.54) is 6.92 Å². The van der Waals surface area contributed by atoms with Gasteiger partial charge in [0.1, 0.15) is 0 Å². The molecule has 0 bridgehead atoms. The highest BCUT2D eigenvalue weighted by molar-refractivity contribution is 5.69. The molecule has 1 aliphatic rings. The maximum Gasteiger partial charge on any atom is 0.329 e. The fourth-order valence-electron chi connectivity index (χ4n) is 1.67. The van der Waals surface area contributed by atoms with E-state index in [1.807, 2.05) is 6.07 Å². The molecule has 1 aliphatic heterocycles. The average Bonchev–Trinajstić information content (AvgIpc) is 2.60. The van der Waals surface area contributed by atoms with Crippen LogP contribution in [0.2, 0.25) is 0 Å². The Hall–Kier alpha value is -2.02. The third kappa shape index (κ3) is 1.77. The molecule has 0 saturated carbocycles. The van der Waals surface area contributed by atoms with E-state index in [-0.39, 0.29) is 5.97 Å². The third-order valence-corrected chi connectivity index (χ3v) is 2.31. The Kier molecular flexibility index (Phi) is 2.30. The van der Waals surface area contributed by atoms with E-state index < -0.39 is 0 Å². The summed E-state index contributed by atoms with van der Waals surface area (Å²) < 4.78 is 0. The van der Waals surface area contributed by atoms with Gasteiger partial charge in [-0.1, -0.05) is 6.07 Å². The number of nitrogens with zero attached hydrogens (tertiary/aromatic N) is 2. The van der Waals surface area contributed by atoms with Gasteiger partial charge in [-0.3, -0.25) is 4.79 Å². The van der Waals surface area contributed by atoms with E-state index in [9.17, 15) is 4.79 Å². The van der Waals surface area contributed by atoms with Crippen molar-refractivity contribution in [1.29, 1.82) is 5.26 Å². The van der Waals surface area contributed by atoms with E-state index in [0.717, 1.165) is 17.7 Å². The summed E-state index contributed by atoms with van der Waals surface area (Å²) in [5.41, 5.74) is 2.51. The van der Waals surface area contributed by atoms with Crippen LogP contribution in [0.4, 0.5) is 5.69 Å². The molecular weight excluding hydrogens is 192 g/mol. The summed E-state index contributed by atoms with van der Waals surface area (Å²) in [6.45, 7) is 2.02. The van der Waals surface area contributed by atoms with E-state index >= 15 is 0 Å². The van der Waals surface area contributed by atoms with Gasteiger partial charge in [0, 0.05) is 6.92 Å². The second-order valence-electron chi connectivity index (χ2n) is 3.39. The van der Waals surface area contributed by atoms with Crippen molar-refractivity contribution >= 4 is 11.7 Å². The molecule has 0 atom stereocenters. The van der Waals surface area contributed by atoms with Crippen LogP contribution < -0.4 is 5.06 Å². The summed E-state index contributed by atoms with van der Waals surface area (Å²) in [5, 5.41) is 10.3. The van der Waals surface area contributed by atoms with Crippen LogP contribution in [0.3, 0.4) is 0 Å². The number of hydrogen-bond donors (Lipinski definition) is 0. The molecule has 0 radical (unpaired) electrons. The topological polar surface area (TPSA) is 53.3 Å². The van der Waals surface area contributed by atoms with E-state index in [4.69, 9.17) is 10.1 Å². The summed E-state index contributed by atoms with van der Waals surface area (Å²) in [6.07, 6.45) is 0.842. The molecule has 0 spiro atoms. The van der Waals surface area contributed by atoms with Crippen LogP contribution in [-0.2, 0) is 16.1 Å². The Morgan fingerprint density at radius 1 is 1.60 bits per heavy atom. The molecule has 0 fully saturated rings. The Labute approximate surface area is 87.6 Å². The van der Waals surface area contributed by atoms with Gasteiger partial charge in [0.2, 0.25) is 0 Å². The third-order valence-electron chi connectivity index (χ3n) is 2.31. The molecule has 0 unspecified atom stereocenters. The van der Waals surface area contributed by atoms with Gasteiger partial charge in [0.25, 0.3) is 0 Å². The summed E-state index contributed by atoms with van der Waals surface area (Å²) in [7, 11) is 0. The minimum absolute atomic E-state index is 0.342. The summed E-state index contributed by atoms with van der Waals surface area (Å²) in [4.78, 5) is 15.9. The molecule has 4 nitrogen and oxygen atoms in total. The lowest BCUT2D eigenvalue weighted by molar-refractivity contribution is -0.142. The predicted molar refractivity (Wildman–Crippen MR) is 54.0 cm³/mol. The van der Waals surface area contributed by atoms with Crippen molar-refractivity contribution in [2.24, 2.45) is 0 Å². The van der Waals surface area contributed by atoms with Crippen LogP contribution in [0.1, 0.15) is 18.1 Å². The molecular formula is C11H10N2O2. The van der Waals surface area contributed by atoms with E-state index in [1.54, 1.807) is 17.2 Å². The molecule has 0 saturated heterocycles. The zero-order valence-corrected chi connectivity index (χ0v) is 8.36. The highest BCUT2D eigenvalue weighted by Crippen LogP contribution is 2.28. The molecule has 1 aromatic carbocycles. The summed E-state index contributed by atoms with van der Waals surface area (Å²) in [5.74, 6) is -0.342. The Morgan fingerprint density at radius 2 is 2.40 bits per heavy atom. The van der Waals surface area contributed by atoms with Crippen molar-refractivity contribution in [3.63, 3.8) is 0 Å². The molecule has 76 valence electrons. The van der Waals surface area contributed by atoms with Gasteiger partial charge in [0.05, 0.1) is 23.9 Å². The monoisotopic (exact) mass is 202 g/mol. The fraction of sp³-hybridized carbons (Fsp3) is 0.273. The van der Waals surface area contributed by atoms with Crippen molar-refractivity contribution in [2.45, 2.75) is 13.3 Å². The van der Waals surface area contributed by atoms with E-state index in [0.29, 0.717) is 12.1 Å². The molecule has 1 heterocycles. The van der Waals surface area contributed by atoms with Gasteiger partial charge in [-0.15, -0.1) is 0 Å². The van der Waals surface area contributed by atoms with Crippen LogP contribution in [0, 0.1) is 11.3 Å². The van der Waals surface area contributed by atoms with Crippen LogP contribution in [0.15, 0.2) is 18.2 Å². The molecule has 1 aromatic rings. The predicted octanol–water partition coefficient (Wildman–Crippen LogP) is 1.40. The average molecular weight is 202 g/mol. The molecule has 4 heteroatoms. The number of hydroxylamine groups is 1. The Balaban J connectivity index is 2.32. The largest absolute Gasteiger partial charge is 0.341 e. The lowest BCUT2D eigenvalue weighted by Crippen LogP contribution is -2.23. The Bertz CT molecular complexity index is 448. The highest BCUT2D eigenvalue weighted by atomic mass is 16.7. The van der Waals surface area contributed by atoms with Crippen molar-refractivity contribution in [3.05, 3.63) is 29.3 Å². The lowest BCUT2D eigenvalue weighted by atomic mass is 10.1. The zero-order valence-electron chi connectivity index (χ0n) is 8.36. The van der Waals surface area contributed by atoms with E-state index in [2.05, 4.69) is 6.07 Å². The SMILES string of the molecule is CC(=O)ON1CCc2ccc(C#N)cc21. The quantitative estimate of drug-likeness (QED) is 0.690. The Morgan fingerprint density at radius 3 is 3.07 bits per heavy atom. The van der Waals surface area contributed by atoms with Crippen molar-refractivity contribution < 1.29 is 9.63 Å². The highest BCUT2D eigenvalue weighted by Gasteiger charge is 2.21. The maximum atomic E-state index is 10.8. The first-order valence-electron chi connectivity index (χ1n) is 4.70. The molecule has 2 rings (SSSR count). The molecule has 0 N–H and O–H groups in total. The number of anilines is 1. The van der Waals surface area contributed by atoms with Crippen molar-refractivity contribution in [2.75, 3.05) is 11.6 Å². The zero-order chi connectivity index (χ0) is 10.8. The number of hydrogen-bond acceptors (Lipinski definition) is 4. The van der Waals surface area contributed by atoms with Gasteiger partial charge < -0.3 is 4.84 Å². The van der Waals surface area contributed by atoms with Crippen molar-refractivity contribution in [1.82, 2.24) is 0 Å². The van der Waals surface area contributed by atoms with Gasteiger partial charge in [-0.2, -0.15) is 5.26 Å². The normalized spacial score (nSPS) is 13.2. The number of rotatable bonds is 1. The fourth-order valence-corrected chi connectivity index (χ4v) is 1.67. The molecule has 0 amide bonds. The molecule has 15 heavy (non-hydrogen) atoms. The summed E-state index contributed by atoms with van der Waals surface area (Å²) >= 11 is 0. The molecule has 0 aliphatic carbocycles. The number of fused-ring (bicyclic) bond motifs is 1. The first kappa shape index (κ1) is 9.53. The number of nitriles is 1. The van der Waals surface area contributed by atoms with Gasteiger partial charge in [0.15, 0.2) is 0 Å². The van der Waals surface area contributed by atoms with Crippen LogP contribution in [0.5, 0.6) is 0 Å². The van der Waals surface area contributed by atoms with Crippen LogP contribution in [0.25, 0.3) is 0 Å². The van der Waals surface area contributed by atoms with Crippen LogP contribution >= 0.6 is 0 Å². The van der Waals surface area contributed by atoms with Crippen LogP contribution in [-0.4, -0.2) is 12.5 Å². The van der Waals surface area contributed by atoms with Gasteiger partial charge >= 0.3 is 5.97 Å².